The fourth-order valence-electron chi connectivity index (χ4n) is 3.01. The van der Waals surface area contributed by atoms with Crippen molar-refractivity contribution in [2.75, 3.05) is 22.9 Å². The van der Waals surface area contributed by atoms with Crippen LogP contribution in [0.15, 0.2) is 54.6 Å². The molecule has 23 heavy (non-hydrogen) atoms. The van der Waals surface area contributed by atoms with Crippen LogP contribution >= 0.6 is 0 Å². The summed E-state index contributed by atoms with van der Waals surface area (Å²) in [6.45, 7) is 4.81. The molecule has 4 nitrogen and oxygen atoms in total. The van der Waals surface area contributed by atoms with E-state index in [0.29, 0.717) is 18.7 Å². The highest BCUT2D eigenvalue weighted by Gasteiger charge is 2.33. The van der Waals surface area contributed by atoms with Crippen LogP contribution in [-0.4, -0.2) is 24.9 Å². The molecule has 0 N–H and O–H groups in total. The van der Waals surface area contributed by atoms with E-state index < -0.39 is 0 Å². The minimum Gasteiger partial charge on any atom is -0.310 e. The fourth-order valence-corrected chi connectivity index (χ4v) is 3.01. The van der Waals surface area contributed by atoms with Crippen LogP contribution in [0.5, 0.6) is 0 Å². The summed E-state index contributed by atoms with van der Waals surface area (Å²) in [7, 11) is 0. The molecule has 1 aliphatic heterocycles. The summed E-state index contributed by atoms with van der Waals surface area (Å²) >= 11 is 0. The zero-order valence-corrected chi connectivity index (χ0v) is 13.4. The topological polar surface area (TPSA) is 40.6 Å². The lowest BCUT2D eigenvalue weighted by atomic mass is 10.1. The Bertz CT molecular complexity index is 727. The highest BCUT2D eigenvalue weighted by atomic mass is 16.2. The highest BCUT2D eigenvalue weighted by Crippen LogP contribution is 2.34. The molecular weight excluding hydrogens is 288 g/mol. The highest BCUT2D eigenvalue weighted by molar-refractivity contribution is 6.11. The van der Waals surface area contributed by atoms with E-state index in [9.17, 15) is 9.59 Å². The van der Waals surface area contributed by atoms with Gasteiger partial charge < -0.3 is 9.80 Å². The van der Waals surface area contributed by atoms with Crippen molar-refractivity contribution in [2.24, 2.45) is 5.92 Å². The molecule has 0 saturated carbocycles. The fraction of sp³-hybridized carbons (Fsp3) is 0.263. The number of carbonyl (C=O) groups is 2. The molecule has 0 aromatic heterocycles. The first kappa shape index (κ1) is 15.3. The van der Waals surface area contributed by atoms with Gasteiger partial charge in [-0.15, -0.1) is 0 Å². The van der Waals surface area contributed by atoms with Crippen LogP contribution < -0.4 is 9.80 Å². The van der Waals surface area contributed by atoms with Gasteiger partial charge in [0.2, 0.25) is 5.91 Å². The van der Waals surface area contributed by atoms with Gasteiger partial charge in [0.1, 0.15) is 0 Å². The Hall–Kier alpha value is -2.62. The first-order chi connectivity index (χ1) is 11.1. The monoisotopic (exact) mass is 308 g/mol. The average Bonchev–Trinajstić information content (AvgIpc) is 2.70. The van der Waals surface area contributed by atoms with Gasteiger partial charge in [0.05, 0.1) is 17.3 Å². The number of nitrogens with zero attached hydrogens (tertiary/aromatic N) is 2. The molecule has 2 aromatic rings. The van der Waals surface area contributed by atoms with Crippen LogP contribution in [-0.2, 0) is 4.79 Å². The Kier molecular flexibility index (Phi) is 4.15. The normalized spacial score (nSPS) is 17.7. The zero-order valence-electron chi connectivity index (χ0n) is 13.4. The molecule has 118 valence electrons. The van der Waals surface area contributed by atoms with Gasteiger partial charge in [-0.3, -0.25) is 9.59 Å². The third-order valence-electron chi connectivity index (χ3n) is 4.19. The second-order valence-electron chi connectivity index (χ2n) is 5.75. The van der Waals surface area contributed by atoms with Crippen LogP contribution in [0.25, 0.3) is 0 Å². The number of rotatable bonds is 2. The number of hydrogen-bond acceptors (Lipinski definition) is 2. The van der Waals surface area contributed by atoms with E-state index in [-0.39, 0.29) is 17.7 Å². The molecule has 1 heterocycles. The average molecular weight is 308 g/mol. The summed E-state index contributed by atoms with van der Waals surface area (Å²) in [6, 6.07) is 16.8. The molecule has 0 fully saturated rings. The van der Waals surface area contributed by atoms with Gasteiger partial charge in [0.25, 0.3) is 5.91 Å². The van der Waals surface area contributed by atoms with E-state index in [2.05, 4.69) is 0 Å². The Labute approximate surface area is 136 Å². The quantitative estimate of drug-likeness (QED) is 0.854. The van der Waals surface area contributed by atoms with Crippen molar-refractivity contribution in [3.05, 3.63) is 60.2 Å². The number of para-hydroxylation sites is 2. The van der Waals surface area contributed by atoms with Gasteiger partial charge in [0, 0.05) is 18.7 Å². The summed E-state index contributed by atoms with van der Waals surface area (Å²) < 4.78 is 0. The molecule has 0 saturated heterocycles. The number of fused-ring (bicyclic) bond motifs is 1. The Morgan fingerprint density at radius 2 is 1.65 bits per heavy atom. The lowest BCUT2D eigenvalue weighted by Gasteiger charge is -2.24. The van der Waals surface area contributed by atoms with Crippen molar-refractivity contribution in [1.82, 2.24) is 0 Å². The minimum absolute atomic E-state index is 0.0586. The van der Waals surface area contributed by atoms with E-state index in [0.717, 1.165) is 11.4 Å². The van der Waals surface area contributed by atoms with Crippen molar-refractivity contribution in [3.8, 4) is 0 Å². The minimum atomic E-state index is -0.241. The molecule has 0 unspecified atom stereocenters. The number of benzene rings is 2. The lowest BCUT2D eigenvalue weighted by Crippen LogP contribution is -2.38. The third-order valence-corrected chi connectivity index (χ3v) is 4.19. The van der Waals surface area contributed by atoms with Gasteiger partial charge in [0.15, 0.2) is 0 Å². The van der Waals surface area contributed by atoms with Gasteiger partial charge >= 0.3 is 0 Å². The summed E-state index contributed by atoms with van der Waals surface area (Å²) in [5, 5.41) is 0. The Morgan fingerprint density at radius 3 is 2.30 bits per heavy atom. The standard InChI is InChI=1S/C19H20N2O2/c1-3-20-16-11-7-8-12-17(16)21(13-14(2)18(20)22)19(23)15-9-5-4-6-10-15/h4-12,14H,3,13H2,1-2H3/t14-/m0/s1. The predicted molar refractivity (Wildman–Crippen MR) is 91.8 cm³/mol. The van der Waals surface area contributed by atoms with E-state index in [4.69, 9.17) is 0 Å². The SMILES string of the molecule is CCN1C(=O)[C@@H](C)CN(C(=O)c2ccccc2)c2ccccc21. The second-order valence-corrected chi connectivity index (χ2v) is 5.75. The van der Waals surface area contributed by atoms with Gasteiger partial charge in [-0.25, -0.2) is 0 Å². The van der Waals surface area contributed by atoms with Crippen LogP contribution in [0.3, 0.4) is 0 Å². The maximum Gasteiger partial charge on any atom is 0.258 e. The van der Waals surface area contributed by atoms with Crippen LogP contribution in [0.4, 0.5) is 11.4 Å². The van der Waals surface area contributed by atoms with Crippen molar-refractivity contribution < 1.29 is 9.59 Å². The third kappa shape index (κ3) is 2.72. The molecule has 0 spiro atoms. The molecular formula is C19H20N2O2. The van der Waals surface area contributed by atoms with E-state index in [1.54, 1.807) is 21.9 Å². The summed E-state index contributed by atoms with van der Waals surface area (Å²) in [5.41, 5.74) is 2.22. The first-order valence-electron chi connectivity index (χ1n) is 7.90. The smallest absolute Gasteiger partial charge is 0.258 e. The number of anilines is 2. The number of carbonyl (C=O) groups excluding carboxylic acids is 2. The number of hydrogen-bond donors (Lipinski definition) is 0. The maximum absolute atomic E-state index is 13.0. The lowest BCUT2D eigenvalue weighted by molar-refractivity contribution is -0.121. The van der Waals surface area contributed by atoms with Gasteiger partial charge in [-0.1, -0.05) is 37.3 Å². The van der Waals surface area contributed by atoms with Crippen molar-refractivity contribution in [2.45, 2.75) is 13.8 Å². The molecule has 2 amide bonds. The second kappa shape index (κ2) is 6.24. The van der Waals surface area contributed by atoms with E-state index in [1.807, 2.05) is 56.3 Å². The van der Waals surface area contributed by atoms with Crippen LogP contribution in [0.2, 0.25) is 0 Å². The summed E-state index contributed by atoms with van der Waals surface area (Å²) in [4.78, 5) is 29.1. The van der Waals surface area contributed by atoms with E-state index in [1.165, 1.54) is 0 Å². The summed E-state index contributed by atoms with van der Waals surface area (Å²) in [5.74, 6) is -0.256. The van der Waals surface area contributed by atoms with Crippen molar-refractivity contribution in [1.29, 1.82) is 0 Å². The molecule has 0 aliphatic carbocycles. The first-order valence-corrected chi connectivity index (χ1v) is 7.90. The molecule has 4 heteroatoms. The molecule has 0 radical (unpaired) electrons. The van der Waals surface area contributed by atoms with Crippen LogP contribution in [0, 0.1) is 5.92 Å². The van der Waals surface area contributed by atoms with Crippen LogP contribution in [0.1, 0.15) is 24.2 Å². The largest absolute Gasteiger partial charge is 0.310 e. The van der Waals surface area contributed by atoms with Gasteiger partial charge in [-0.2, -0.15) is 0 Å². The van der Waals surface area contributed by atoms with Crippen molar-refractivity contribution >= 4 is 23.2 Å². The number of amides is 2. The zero-order chi connectivity index (χ0) is 16.4. The maximum atomic E-state index is 13.0. The molecule has 3 rings (SSSR count). The predicted octanol–water partition coefficient (Wildman–Crippen LogP) is 3.34. The van der Waals surface area contributed by atoms with Crippen molar-refractivity contribution in [3.63, 3.8) is 0 Å². The molecule has 0 bridgehead atoms. The molecule has 1 atom stereocenters. The van der Waals surface area contributed by atoms with E-state index >= 15 is 0 Å². The molecule has 1 aliphatic rings. The summed E-state index contributed by atoms with van der Waals surface area (Å²) in [6.07, 6.45) is 0. The van der Waals surface area contributed by atoms with Gasteiger partial charge in [-0.05, 0) is 31.2 Å². The Balaban J connectivity index is 2.10. The Morgan fingerprint density at radius 1 is 1.04 bits per heavy atom. The molecule has 2 aromatic carbocycles.